The van der Waals surface area contributed by atoms with Crippen LogP contribution in [0.3, 0.4) is 0 Å². The van der Waals surface area contributed by atoms with E-state index in [0.717, 1.165) is 0 Å². The Bertz CT molecular complexity index is 304. The van der Waals surface area contributed by atoms with E-state index in [9.17, 15) is 4.39 Å². The van der Waals surface area contributed by atoms with Gasteiger partial charge in [-0.2, -0.15) is 0 Å². The summed E-state index contributed by atoms with van der Waals surface area (Å²) in [6, 6.07) is 2.89. The molecule has 0 aliphatic rings. The van der Waals surface area contributed by atoms with E-state index in [4.69, 9.17) is 16.3 Å². The van der Waals surface area contributed by atoms with Gasteiger partial charge in [0.15, 0.2) is 0 Å². The van der Waals surface area contributed by atoms with Crippen LogP contribution >= 0.6 is 23.4 Å². The Kier molecular flexibility index (Phi) is 3.88. The maximum atomic E-state index is 13.2. The van der Waals surface area contributed by atoms with Gasteiger partial charge in [0.25, 0.3) is 0 Å². The maximum Gasteiger partial charge on any atom is 0.140 e. The van der Waals surface area contributed by atoms with E-state index in [-0.39, 0.29) is 5.82 Å². The van der Waals surface area contributed by atoms with Crippen LogP contribution in [0.1, 0.15) is 6.92 Å². The number of hydrogen-bond donors (Lipinski definition) is 0. The van der Waals surface area contributed by atoms with Crippen LogP contribution in [-0.4, -0.2) is 12.9 Å². The molecule has 0 spiro atoms. The molecule has 72 valence electrons. The lowest BCUT2D eigenvalue weighted by Gasteiger charge is -2.07. The van der Waals surface area contributed by atoms with Crippen LogP contribution in [0.5, 0.6) is 5.75 Å². The average Bonchev–Trinajstić information content (AvgIpc) is 2.11. The van der Waals surface area contributed by atoms with Crippen molar-refractivity contribution in [2.24, 2.45) is 0 Å². The van der Waals surface area contributed by atoms with Crippen LogP contribution in [0.25, 0.3) is 0 Å². The van der Waals surface area contributed by atoms with Gasteiger partial charge < -0.3 is 4.74 Å². The summed E-state index contributed by atoms with van der Waals surface area (Å²) in [5, 5.41) is 0.451. The Morgan fingerprint density at radius 2 is 2.23 bits per heavy atom. The van der Waals surface area contributed by atoms with E-state index in [1.165, 1.54) is 17.8 Å². The van der Waals surface area contributed by atoms with E-state index in [0.29, 0.717) is 22.3 Å². The van der Waals surface area contributed by atoms with Crippen LogP contribution in [0.4, 0.5) is 4.39 Å². The zero-order chi connectivity index (χ0) is 9.84. The first-order chi connectivity index (χ1) is 6.19. The minimum Gasteiger partial charge on any atom is -0.492 e. The third-order valence-corrected chi connectivity index (χ3v) is 2.55. The molecule has 1 nitrogen and oxygen atoms in total. The molecular weight excluding hydrogens is 211 g/mol. The van der Waals surface area contributed by atoms with Gasteiger partial charge in [-0.15, -0.1) is 11.8 Å². The normalized spacial score (nSPS) is 10.2. The summed E-state index contributed by atoms with van der Waals surface area (Å²) in [5.74, 6) is 0.111. The average molecular weight is 221 g/mol. The van der Waals surface area contributed by atoms with Gasteiger partial charge in [-0.3, -0.25) is 0 Å². The van der Waals surface area contributed by atoms with Crippen molar-refractivity contribution in [1.82, 2.24) is 0 Å². The van der Waals surface area contributed by atoms with Gasteiger partial charge >= 0.3 is 0 Å². The standard InChI is InChI=1S/C9H10ClFOS/c1-3-12-8-5-7(11)9(13-2)4-6(8)10/h4-5H,3H2,1-2H3. The fourth-order valence-corrected chi connectivity index (χ4v) is 1.71. The molecule has 0 aliphatic heterocycles. The summed E-state index contributed by atoms with van der Waals surface area (Å²) in [6.45, 7) is 2.31. The summed E-state index contributed by atoms with van der Waals surface area (Å²) >= 11 is 7.18. The number of benzene rings is 1. The summed E-state index contributed by atoms with van der Waals surface area (Å²) in [6.07, 6.45) is 1.80. The van der Waals surface area contributed by atoms with Crippen molar-refractivity contribution in [3.05, 3.63) is 23.0 Å². The number of thioether (sulfide) groups is 1. The molecule has 1 rings (SSSR count). The van der Waals surface area contributed by atoms with Crippen molar-refractivity contribution in [2.75, 3.05) is 12.9 Å². The number of hydrogen-bond acceptors (Lipinski definition) is 2. The van der Waals surface area contributed by atoms with Crippen LogP contribution in [0, 0.1) is 5.82 Å². The predicted octanol–water partition coefficient (Wildman–Crippen LogP) is 3.60. The molecule has 1 aromatic rings. The fourth-order valence-electron chi connectivity index (χ4n) is 0.933. The monoisotopic (exact) mass is 220 g/mol. The Morgan fingerprint density at radius 3 is 2.77 bits per heavy atom. The lowest BCUT2D eigenvalue weighted by atomic mass is 10.3. The Hall–Kier alpha value is -0.410. The Morgan fingerprint density at radius 1 is 1.54 bits per heavy atom. The predicted molar refractivity (Wildman–Crippen MR) is 54.4 cm³/mol. The van der Waals surface area contributed by atoms with Crippen molar-refractivity contribution < 1.29 is 9.13 Å². The lowest BCUT2D eigenvalue weighted by molar-refractivity contribution is 0.338. The van der Waals surface area contributed by atoms with E-state index in [1.54, 1.807) is 12.3 Å². The van der Waals surface area contributed by atoms with Crippen LogP contribution in [0.2, 0.25) is 5.02 Å². The van der Waals surface area contributed by atoms with Gasteiger partial charge in [0.05, 0.1) is 11.6 Å². The van der Waals surface area contributed by atoms with Gasteiger partial charge in [0, 0.05) is 11.0 Å². The molecular formula is C9H10ClFOS. The molecule has 0 unspecified atom stereocenters. The summed E-state index contributed by atoms with van der Waals surface area (Å²) in [7, 11) is 0. The molecule has 0 N–H and O–H groups in total. The van der Waals surface area contributed by atoms with Crippen molar-refractivity contribution in [1.29, 1.82) is 0 Å². The highest BCUT2D eigenvalue weighted by Gasteiger charge is 2.08. The molecule has 0 radical (unpaired) electrons. The Balaban J connectivity index is 3.05. The van der Waals surface area contributed by atoms with Crippen LogP contribution in [0.15, 0.2) is 17.0 Å². The van der Waals surface area contributed by atoms with Crippen LogP contribution in [-0.2, 0) is 0 Å². The quantitative estimate of drug-likeness (QED) is 0.720. The van der Waals surface area contributed by atoms with Gasteiger partial charge in [-0.1, -0.05) is 11.6 Å². The van der Waals surface area contributed by atoms with Gasteiger partial charge in [0.1, 0.15) is 11.6 Å². The third kappa shape index (κ3) is 2.51. The molecule has 13 heavy (non-hydrogen) atoms. The first-order valence-corrected chi connectivity index (χ1v) is 5.45. The highest BCUT2D eigenvalue weighted by molar-refractivity contribution is 7.98. The Labute approximate surface area is 86.2 Å². The molecule has 0 saturated carbocycles. The van der Waals surface area contributed by atoms with Crippen LogP contribution < -0.4 is 4.74 Å². The molecule has 0 aliphatic carbocycles. The molecule has 0 atom stereocenters. The molecule has 0 aromatic heterocycles. The number of halogens is 2. The lowest BCUT2D eigenvalue weighted by Crippen LogP contribution is -1.93. The minimum atomic E-state index is -0.291. The highest BCUT2D eigenvalue weighted by atomic mass is 35.5. The van der Waals surface area contributed by atoms with Gasteiger partial charge in [-0.05, 0) is 19.2 Å². The summed E-state index contributed by atoms with van der Waals surface area (Å²) in [5.41, 5.74) is 0. The second-order valence-electron chi connectivity index (χ2n) is 2.35. The maximum absolute atomic E-state index is 13.2. The van der Waals surface area contributed by atoms with E-state index in [2.05, 4.69) is 0 Å². The molecule has 0 heterocycles. The second-order valence-corrected chi connectivity index (χ2v) is 3.61. The zero-order valence-electron chi connectivity index (χ0n) is 7.43. The van der Waals surface area contributed by atoms with Crippen molar-refractivity contribution in [3.8, 4) is 5.75 Å². The summed E-state index contributed by atoms with van der Waals surface area (Å²) < 4.78 is 18.3. The van der Waals surface area contributed by atoms with Crippen molar-refractivity contribution in [3.63, 3.8) is 0 Å². The van der Waals surface area contributed by atoms with E-state index < -0.39 is 0 Å². The largest absolute Gasteiger partial charge is 0.492 e. The molecule has 4 heteroatoms. The first-order valence-electron chi connectivity index (χ1n) is 3.84. The highest BCUT2D eigenvalue weighted by Crippen LogP contribution is 2.31. The number of rotatable bonds is 3. The molecule has 0 saturated heterocycles. The zero-order valence-corrected chi connectivity index (χ0v) is 9.01. The third-order valence-electron chi connectivity index (χ3n) is 1.51. The van der Waals surface area contributed by atoms with Crippen molar-refractivity contribution >= 4 is 23.4 Å². The summed E-state index contributed by atoms with van der Waals surface area (Å²) in [4.78, 5) is 0.536. The van der Waals surface area contributed by atoms with Crippen molar-refractivity contribution in [2.45, 2.75) is 11.8 Å². The minimum absolute atomic E-state index is 0.291. The van der Waals surface area contributed by atoms with Gasteiger partial charge in [-0.25, -0.2) is 4.39 Å². The molecule has 1 aromatic carbocycles. The van der Waals surface area contributed by atoms with Gasteiger partial charge in [0.2, 0.25) is 0 Å². The molecule has 0 amide bonds. The van der Waals surface area contributed by atoms with E-state index >= 15 is 0 Å². The smallest absolute Gasteiger partial charge is 0.140 e. The number of ether oxygens (including phenoxy) is 1. The van der Waals surface area contributed by atoms with E-state index in [1.807, 2.05) is 6.92 Å². The molecule has 0 fully saturated rings. The first kappa shape index (κ1) is 10.7. The topological polar surface area (TPSA) is 9.23 Å². The molecule has 0 bridgehead atoms. The fraction of sp³-hybridized carbons (Fsp3) is 0.333. The SMILES string of the molecule is CCOc1cc(F)c(SC)cc1Cl. The second kappa shape index (κ2) is 4.72.